The largest absolute Gasteiger partial charge is 0.469 e. The van der Waals surface area contributed by atoms with Gasteiger partial charge < -0.3 is 14.5 Å². The van der Waals surface area contributed by atoms with Gasteiger partial charge in [0.05, 0.1) is 18.6 Å². The molecule has 1 atom stereocenters. The number of likely N-dealkylation sites (tertiary alicyclic amines) is 2. The molecule has 0 bridgehead atoms. The summed E-state index contributed by atoms with van der Waals surface area (Å²) in [7, 11) is 1.43. The summed E-state index contributed by atoms with van der Waals surface area (Å²) in [6.45, 7) is 7.87. The van der Waals surface area contributed by atoms with Gasteiger partial charge in [-0.3, -0.25) is 9.59 Å². The van der Waals surface area contributed by atoms with E-state index >= 15 is 0 Å². The molecule has 0 aromatic heterocycles. The predicted octanol–water partition coefficient (Wildman–Crippen LogP) is 3.85. The highest BCUT2D eigenvalue weighted by Crippen LogP contribution is 2.45. The maximum Gasteiger partial charge on any atom is 0.311 e. The molecule has 0 radical (unpaired) electrons. The number of nitrogens with zero attached hydrogens (tertiary/aromatic N) is 2. The molecule has 2 aliphatic heterocycles. The number of fused-ring (bicyclic) bond motifs is 1. The second-order valence-electron chi connectivity index (χ2n) is 9.24. The smallest absolute Gasteiger partial charge is 0.311 e. The Morgan fingerprint density at radius 3 is 2.50 bits per heavy atom. The van der Waals surface area contributed by atoms with Gasteiger partial charge in [-0.2, -0.15) is 0 Å². The molecule has 0 saturated carbocycles. The van der Waals surface area contributed by atoms with E-state index in [0.717, 1.165) is 38.0 Å². The van der Waals surface area contributed by atoms with Crippen LogP contribution in [0.25, 0.3) is 10.8 Å². The number of amides is 1. The van der Waals surface area contributed by atoms with Crippen molar-refractivity contribution in [2.75, 3.05) is 26.7 Å². The number of carbonyl (C=O) groups excluding carboxylic acids is 2. The first kappa shape index (κ1) is 20.9. The van der Waals surface area contributed by atoms with Crippen molar-refractivity contribution < 1.29 is 14.3 Å². The van der Waals surface area contributed by atoms with Crippen molar-refractivity contribution in [1.29, 1.82) is 0 Å². The lowest BCUT2D eigenvalue weighted by Crippen LogP contribution is -2.57. The zero-order valence-electron chi connectivity index (χ0n) is 18.3. The number of rotatable bonds is 5. The van der Waals surface area contributed by atoms with Crippen LogP contribution in [0.1, 0.15) is 38.7 Å². The lowest BCUT2D eigenvalue weighted by molar-refractivity contribution is -0.150. The number of esters is 1. The third-order valence-electron chi connectivity index (χ3n) is 6.85. The highest BCUT2D eigenvalue weighted by molar-refractivity contribution is 5.89. The Morgan fingerprint density at radius 1 is 1.13 bits per heavy atom. The molecule has 2 aromatic rings. The molecule has 1 spiro atoms. The monoisotopic (exact) mass is 408 g/mol. The third kappa shape index (κ3) is 3.83. The second kappa shape index (κ2) is 8.38. The van der Waals surface area contributed by atoms with Crippen LogP contribution >= 0.6 is 0 Å². The van der Waals surface area contributed by atoms with Crippen LogP contribution in [0.15, 0.2) is 42.5 Å². The van der Waals surface area contributed by atoms with E-state index in [2.05, 4.69) is 49.1 Å². The van der Waals surface area contributed by atoms with Crippen LogP contribution in [0.4, 0.5) is 0 Å². The van der Waals surface area contributed by atoms with Crippen molar-refractivity contribution in [3.63, 3.8) is 0 Å². The Kier molecular flexibility index (Phi) is 5.83. The van der Waals surface area contributed by atoms with Crippen molar-refractivity contribution in [3.8, 4) is 0 Å². The SMILES string of the molecule is COC(=O)C1CC(=O)N(Cc2ccc3ccccc3c2)C12CCN(CC(C)C)CC2. The van der Waals surface area contributed by atoms with Gasteiger partial charge in [-0.05, 0) is 41.2 Å². The fraction of sp³-hybridized carbons (Fsp3) is 0.520. The molecule has 2 aromatic carbocycles. The minimum absolute atomic E-state index is 0.0656. The van der Waals surface area contributed by atoms with Gasteiger partial charge in [0.2, 0.25) is 5.91 Å². The molecule has 2 fully saturated rings. The fourth-order valence-electron chi connectivity index (χ4n) is 5.38. The lowest BCUT2D eigenvalue weighted by atomic mass is 9.76. The maximum atomic E-state index is 13.1. The summed E-state index contributed by atoms with van der Waals surface area (Å²) in [6.07, 6.45) is 1.89. The first-order valence-corrected chi connectivity index (χ1v) is 11.0. The van der Waals surface area contributed by atoms with Gasteiger partial charge in [0.1, 0.15) is 0 Å². The Balaban J connectivity index is 1.62. The molecule has 1 unspecified atom stereocenters. The summed E-state index contributed by atoms with van der Waals surface area (Å²) in [5, 5.41) is 2.37. The van der Waals surface area contributed by atoms with Gasteiger partial charge in [-0.1, -0.05) is 50.2 Å². The summed E-state index contributed by atoms with van der Waals surface area (Å²) < 4.78 is 5.13. The van der Waals surface area contributed by atoms with Gasteiger partial charge in [-0.15, -0.1) is 0 Å². The van der Waals surface area contributed by atoms with E-state index < -0.39 is 5.54 Å². The standard InChI is InChI=1S/C25H32N2O3/c1-18(2)16-26-12-10-25(11-13-26)22(24(29)30-3)15-23(28)27(25)17-19-8-9-20-6-4-5-7-21(20)14-19/h4-9,14,18,22H,10-13,15-17H2,1-3H3. The van der Waals surface area contributed by atoms with Crippen LogP contribution < -0.4 is 0 Å². The number of carbonyl (C=O) groups is 2. The molecular formula is C25H32N2O3. The van der Waals surface area contributed by atoms with Crippen LogP contribution in [0.2, 0.25) is 0 Å². The highest BCUT2D eigenvalue weighted by atomic mass is 16.5. The fourth-order valence-corrected chi connectivity index (χ4v) is 5.38. The maximum absolute atomic E-state index is 13.1. The van der Waals surface area contributed by atoms with Crippen LogP contribution in [0.5, 0.6) is 0 Å². The predicted molar refractivity (Wildman–Crippen MR) is 118 cm³/mol. The van der Waals surface area contributed by atoms with Gasteiger partial charge in [0.15, 0.2) is 0 Å². The summed E-state index contributed by atoms with van der Waals surface area (Å²) in [5.74, 6) is 0.0450. The quantitative estimate of drug-likeness (QED) is 0.705. The van der Waals surface area contributed by atoms with Gasteiger partial charge in [0.25, 0.3) is 0 Å². The Morgan fingerprint density at radius 2 is 1.83 bits per heavy atom. The zero-order valence-corrected chi connectivity index (χ0v) is 18.3. The van der Waals surface area contributed by atoms with E-state index in [9.17, 15) is 9.59 Å². The van der Waals surface area contributed by atoms with E-state index in [1.54, 1.807) is 0 Å². The molecule has 2 heterocycles. The molecule has 2 saturated heterocycles. The number of ether oxygens (including phenoxy) is 1. The van der Waals surface area contributed by atoms with Gasteiger partial charge in [-0.25, -0.2) is 0 Å². The first-order chi connectivity index (χ1) is 14.4. The van der Waals surface area contributed by atoms with Crippen LogP contribution in [0, 0.1) is 11.8 Å². The molecule has 0 N–H and O–H groups in total. The average Bonchev–Trinajstić information content (AvgIpc) is 3.00. The number of benzene rings is 2. The molecule has 5 heteroatoms. The Labute approximate surface area is 179 Å². The van der Waals surface area contributed by atoms with Crippen molar-refractivity contribution in [3.05, 3.63) is 48.0 Å². The molecule has 5 nitrogen and oxygen atoms in total. The molecule has 30 heavy (non-hydrogen) atoms. The van der Waals surface area contributed by atoms with E-state index in [-0.39, 0.29) is 24.2 Å². The van der Waals surface area contributed by atoms with Crippen molar-refractivity contribution >= 4 is 22.6 Å². The minimum atomic E-state index is -0.441. The van der Waals surface area contributed by atoms with Crippen LogP contribution in [-0.4, -0.2) is 54.0 Å². The van der Waals surface area contributed by atoms with Crippen LogP contribution in [0.3, 0.4) is 0 Å². The third-order valence-corrected chi connectivity index (χ3v) is 6.85. The summed E-state index contributed by atoms with van der Waals surface area (Å²) in [4.78, 5) is 30.2. The Hall–Kier alpha value is -2.40. The summed E-state index contributed by atoms with van der Waals surface area (Å²) in [6, 6.07) is 14.6. The molecule has 1 amide bonds. The normalized spacial score (nSPS) is 21.7. The van der Waals surface area contributed by atoms with Crippen molar-refractivity contribution in [1.82, 2.24) is 9.80 Å². The Bertz CT molecular complexity index is 931. The number of hydrogen-bond donors (Lipinski definition) is 0. The van der Waals surface area contributed by atoms with Crippen molar-refractivity contribution in [2.24, 2.45) is 11.8 Å². The molecule has 0 aliphatic carbocycles. The summed E-state index contributed by atoms with van der Waals surface area (Å²) in [5.41, 5.74) is 0.667. The van der Waals surface area contributed by atoms with E-state index in [1.807, 2.05) is 17.0 Å². The number of hydrogen-bond acceptors (Lipinski definition) is 4. The van der Waals surface area contributed by atoms with E-state index in [4.69, 9.17) is 4.74 Å². The zero-order chi connectivity index (χ0) is 21.3. The molecular weight excluding hydrogens is 376 g/mol. The lowest BCUT2D eigenvalue weighted by Gasteiger charge is -2.47. The summed E-state index contributed by atoms with van der Waals surface area (Å²) >= 11 is 0. The molecule has 4 rings (SSSR count). The van der Waals surface area contributed by atoms with E-state index in [1.165, 1.54) is 17.9 Å². The van der Waals surface area contributed by atoms with Crippen LogP contribution in [-0.2, 0) is 20.9 Å². The average molecular weight is 409 g/mol. The number of methoxy groups -OCH3 is 1. The van der Waals surface area contributed by atoms with Crippen molar-refractivity contribution in [2.45, 2.75) is 45.2 Å². The van der Waals surface area contributed by atoms with Gasteiger partial charge in [0, 0.05) is 32.6 Å². The minimum Gasteiger partial charge on any atom is -0.469 e. The first-order valence-electron chi connectivity index (χ1n) is 11.0. The molecule has 160 valence electrons. The van der Waals surface area contributed by atoms with E-state index in [0.29, 0.717) is 12.5 Å². The number of piperidine rings is 1. The molecule has 2 aliphatic rings. The topological polar surface area (TPSA) is 49.9 Å². The highest BCUT2D eigenvalue weighted by Gasteiger charge is 2.56. The van der Waals surface area contributed by atoms with Gasteiger partial charge >= 0.3 is 5.97 Å². The second-order valence-corrected chi connectivity index (χ2v) is 9.24.